The zero-order valence-electron chi connectivity index (χ0n) is 10.6. The summed E-state index contributed by atoms with van der Waals surface area (Å²) >= 11 is 0. The third-order valence-electron chi connectivity index (χ3n) is 3.00. The maximum absolute atomic E-state index is 5.25. The molecule has 0 bridgehead atoms. The van der Waals surface area contributed by atoms with Gasteiger partial charge in [-0.15, -0.1) is 0 Å². The second kappa shape index (κ2) is 4.97. The number of hydrogen-bond acceptors (Lipinski definition) is 4. The number of nitrogens with zero attached hydrogens (tertiary/aromatic N) is 2. The Labute approximate surface area is 110 Å². The van der Waals surface area contributed by atoms with Gasteiger partial charge < -0.3 is 14.7 Å². The lowest BCUT2D eigenvalue weighted by molar-refractivity contribution is 0.572. The van der Waals surface area contributed by atoms with Gasteiger partial charge in [-0.3, -0.25) is 0 Å². The third kappa shape index (κ3) is 2.49. The lowest BCUT2D eigenvalue weighted by Gasteiger charge is -2.05. The van der Waals surface area contributed by atoms with E-state index in [4.69, 9.17) is 4.42 Å². The van der Waals surface area contributed by atoms with Gasteiger partial charge in [0.25, 0.3) is 0 Å². The average molecular weight is 254 g/mol. The summed E-state index contributed by atoms with van der Waals surface area (Å²) in [5.74, 6) is 0.773. The standard InChI is InChI=1S/C14H14N4O/c1-10-13(18-8-17-10)6-16-12-4-2-11(3-5-12)14-7-15-9-19-14/h2-5,7-9,16H,6H2,1H3,(H,17,18). The molecule has 96 valence electrons. The van der Waals surface area contributed by atoms with E-state index in [0.717, 1.165) is 28.4 Å². The van der Waals surface area contributed by atoms with Crippen molar-refractivity contribution in [1.82, 2.24) is 15.0 Å². The number of benzene rings is 1. The van der Waals surface area contributed by atoms with Gasteiger partial charge in [-0.25, -0.2) is 9.97 Å². The second-order valence-corrected chi connectivity index (χ2v) is 4.27. The number of rotatable bonds is 4. The number of oxazole rings is 1. The van der Waals surface area contributed by atoms with E-state index in [1.807, 2.05) is 31.2 Å². The summed E-state index contributed by atoms with van der Waals surface area (Å²) in [5, 5.41) is 3.33. The summed E-state index contributed by atoms with van der Waals surface area (Å²) in [7, 11) is 0. The van der Waals surface area contributed by atoms with Gasteiger partial charge in [-0.05, 0) is 31.2 Å². The first-order valence-electron chi connectivity index (χ1n) is 6.04. The van der Waals surface area contributed by atoms with Gasteiger partial charge in [0.15, 0.2) is 12.2 Å². The molecule has 5 nitrogen and oxygen atoms in total. The Morgan fingerprint density at radius 2 is 2.11 bits per heavy atom. The fraction of sp³-hybridized carbons (Fsp3) is 0.143. The van der Waals surface area contributed by atoms with Crippen molar-refractivity contribution in [2.75, 3.05) is 5.32 Å². The largest absolute Gasteiger partial charge is 0.444 e. The highest BCUT2D eigenvalue weighted by Gasteiger charge is 2.03. The fourth-order valence-electron chi connectivity index (χ4n) is 1.86. The number of aromatic nitrogens is 3. The van der Waals surface area contributed by atoms with Crippen LogP contribution in [0.3, 0.4) is 0 Å². The lowest BCUT2D eigenvalue weighted by Crippen LogP contribution is -2.01. The van der Waals surface area contributed by atoms with E-state index >= 15 is 0 Å². The van der Waals surface area contributed by atoms with Crippen molar-refractivity contribution >= 4 is 5.69 Å². The van der Waals surface area contributed by atoms with Crippen molar-refractivity contribution in [3.05, 3.63) is 54.6 Å². The van der Waals surface area contributed by atoms with E-state index in [-0.39, 0.29) is 0 Å². The predicted molar refractivity (Wildman–Crippen MR) is 72.6 cm³/mol. The molecule has 0 aliphatic carbocycles. The van der Waals surface area contributed by atoms with E-state index in [1.54, 1.807) is 12.5 Å². The van der Waals surface area contributed by atoms with Gasteiger partial charge in [-0.1, -0.05) is 0 Å². The first-order chi connectivity index (χ1) is 9.33. The number of anilines is 1. The molecule has 1 aromatic carbocycles. The first-order valence-corrected chi connectivity index (χ1v) is 6.04. The van der Waals surface area contributed by atoms with Crippen molar-refractivity contribution in [2.45, 2.75) is 13.5 Å². The smallest absolute Gasteiger partial charge is 0.181 e. The van der Waals surface area contributed by atoms with Crippen molar-refractivity contribution in [1.29, 1.82) is 0 Å². The molecule has 0 spiro atoms. The van der Waals surface area contributed by atoms with Gasteiger partial charge in [0.2, 0.25) is 0 Å². The van der Waals surface area contributed by atoms with Crippen molar-refractivity contribution < 1.29 is 4.42 Å². The third-order valence-corrected chi connectivity index (χ3v) is 3.00. The van der Waals surface area contributed by atoms with Crippen molar-refractivity contribution in [3.8, 4) is 11.3 Å². The number of hydrogen-bond donors (Lipinski definition) is 2. The normalized spacial score (nSPS) is 10.6. The number of H-pyrrole nitrogens is 1. The van der Waals surface area contributed by atoms with E-state index < -0.39 is 0 Å². The summed E-state index contributed by atoms with van der Waals surface area (Å²) in [6.45, 7) is 2.72. The van der Waals surface area contributed by atoms with Crippen LogP contribution in [0.25, 0.3) is 11.3 Å². The molecule has 0 saturated carbocycles. The Balaban J connectivity index is 1.68. The second-order valence-electron chi connectivity index (χ2n) is 4.27. The van der Waals surface area contributed by atoms with Crippen LogP contribution in [0.1, 0.15) is 11.4 Å². The van der Waals surface area contributed by atoms with Crippen LogP contribution < -0.4 is 5.32 Å². The van der Waals surface area contributed by atoms with E-state index in [2.05, 4.69) is 20.3 Å². The van der Waals surface area contributed by atoms with Crippen LogP contribution in [0.15, 0.2) is 47.6 Å². The molecule has 0 unspecified atom stereocenters. The molecule has 2 heterocycles. The molecule has 0 saturated heterocycles. The average Bonchev–Trinajstić information content (AvgIpc) is 3.09. The molecule has 2 aromatic heterocycles. The zero-order chi connectivity index (χ0) is 13.1. The molecule has 2 N–H and O–H groups in total. The SMILES string of the molecule is Cc1[nH]cnc1CNc1ccc(-c2cnco2)cc1. The minimum atomic E-state index is 0.705. The van der Waals surface area contributed by atoms with Gasteiger partial charge in [0.05, 0.1) is 24.8 Å². The highest BCUT2D eigenvalue weighted by Crippen LogP contribution is 2.21. The molecule has 3 rings (SSSR count). The molecule has 19 heavy (non-hydrogen) atoms. The Hall–Kier alpha value is -2.56. The van der Waals surface area contributed by atoms with Crippen molar-refractivity contribution in [2.24, 2.45) is 0 Å². The molecule has 0 aliphatic heterocycles. The Bertz CT molecular complexity index is 640. The minimum Gasteiger partial charge on any atom is -0.444 e. The number of aromatic amines is 1. The number of nitrogens with one attached hydrogen (secondary N) is 2. The van der Waals surface area contributed by atoms with Crippen LogP contribution >= 0.6 is 0 Å². The summed E-state index contributed by atoms with van der Waals surface area (Å²) in [6.07, 6.45) is 4.84. The Morgan fingerprint density at radius 3 is 2.74 bits per heavy atom. The number of aryl methyl sites for hydroxylation is 1. The monoisotopic (exact) mass is 254 g/mol. The molecular formula is C14H14N4O. The van der Waals surface area contributed by atoms with Crippen LogP contribution in [0.2, 0.25) is 0 Å². The van der Waals surface area contributed by atoms with Gasteiger partial charge in [0.1, 0.15) is 0 Å². The molecule has 5 heteroatoms. The van der Waals surface area contributed by atoms with Crippen LogP contribution in [-0.2, 0) is 6.54 Å². The van der Waals surface area contributed by atoms with Gasteiger partial charge in [-0.2, -0.15) is 0 Å². The Morgan fingerprint density at radius 1 is 1.26 bits per heavy atom. The quantitative estimate of drug-likeness (QED) is 0.751. The molecule has 0 amide bonds. The molecule has 0 aliphatic rings. The summed E-state index contributed by atoms with van der Waals surface area (Å²) in [4.78, 5) is 11.2. The molecule has 0 fully saturated rings. The molecule has 3 aromatic rings. The summed E-state index contributed by atoms with van der Waals surface area (Å²) < 4.78 is 5.25. The fourth-order valence-corrected chi connectivity index (χ4v) is 1.86. The van der Waals surface area contributed by atoms with E-state index in [0.29, 0.717) is 6.54 Å². The van der Waals surface area contributed by atoms with Gasteiger partial charge in [0, 0.05) is 16.9 Å². The zero-order valence-corrected chi connectivity index (χ0v) is 10.6. The topological polar surface area (TPSA) is 66.7 Å². The van der Waals surface area contributed by atoms with E-state index in [1.165, 1.54) is 6.39 Å². The van der Waals surface area contributed by atoms with Crippen molar-refractivity contribution in [3.63, 3.8) is 0 Å². The highest BCUT2D eigenvalue weighted by molar-refractivity contribution is 5.60. The number of imidazole rings is 1. The maximum atomic E-state index is 5.25. The first kappa shape index (κ1) is 11.5. The minimum absolute atomic E-state index is 0.705. The lowest BCUT2D eigenvalue weighted by atomic mass is 10.1. The molecular weight excluding hydrogens is 240 g/mol. The molecule has 0 atom stereocenters. The highest BCUT2D eigenvalue weighted by atomic mass is 16.3. The van der Waals surface area contributed by atoms with Crippen LogP contribution in [0.5, 0.6) is 0 Å². The summed E-state index contributed by atoms with van der Waals surface area (Å²) in [5.41, 5.74) is 4.18. The summed E-state index contributed by atoms with van der Waals surface area (Å²) in [6, 6.07) is 8.03. The van der Waals surface area contributed by atoms with Crippen LogP contribution in [-0.4, -0.2) is 15.0 Å². The maximum Gasteiger partial charge on any atom is 0.181 e. The Kier molecular flexibility index (Phi) is 3.02. The van der Waals surface area contributed by atoms with Crippen LogP contribution in [0.4, 0.5) is 5.69 Å². The van der Waals surface area contributed by atoms with Crippen LogP contribution in [0, 0.1) is 6.92 Å². The predicted octanol–water partition coefficient (Wildman–Crippen LogP) is 2.99. The van der Waals surface area contributed by atoms with E-state index in [9.17, 15) is 0 Å². The van der Waals surface area contributed by atoms with Gasteiger partial charge >= 0.3 is 0 Å². The molecule has 0 radical (unpaired) electrons.